The van der Waals surface area contributed by atoms with Crippen molar-refractivity contribution in [2.45, 2.75) is 39.2 Å². The second-order valence-corrected chi connectivity index (χ2v) is 6.93. The van der Waals surface area contributed by atoms with E-state index in [9.17, 15) is 9.59 Å². The van der Waals surface area contributed by atoms with E-state index in [4.69, 9.17) is 9.47 Å². The van der Waals surface area contributed by atoms with Crippen LogP contribution in [0.25, 0.3) is 10.9 Å². The topological polar surface area (TPSA) is 57.5 Å². The highest BCUT2D eigenvalue weighted by atomic mass is 16.5. The molecule has 0 atom stereocenters. The van der Waals surface area contributed by atoms with E-state index in [1.807, 2.05) is 61.7 Å². The van der Waals surface area contributed by atoms with Gasteiger partial charge in [0, 0.05) is 47.6 Å². The van der Waals surface area contributed by atoms with Gasteiger partial charge in [0.15, 0.2) is 5.78 Å². The summed E-state index contributed by atoms with van der Waals surface area (Å²) >= 11 is 0. The van der Waals surface area contributed by atoms with Gasteiger partial charge in [-0.3, -0.25) is 9.59 Å². The van der Waals surface area contributed by atoms with Gasteiger partial charge in [-0.1, -0.05) is 36.4 Å². The fourth-order valence-electron chi connectivity index (χ4n) is 3.56. The number of rotatable bonds is 10. The zero-order chi connectivity index (χ0) is 20.6. The number of para-hydroxylation sites is 2. The van der Waals surface area contributed by atoms with Gasteiger partial charge < -0.3 is 14.0 Å². The summed E-state index contributed by atoms with van der Waals surface area (Å²) in [5, 5.41) is 0.956. The Morgan fingerprint density at radius 3 is 2.55 bits per heavy atom. The van der Waals surface area contributed by atoms with Crippen LogP contribution < -0.4 is 4.74 Å². The van der Waals surface area contributed by atoms with E-state index >= 15 is 0 Å². The first-order valence-electron chi connectivity index (χ1n) is 10.0. The molecule has 3 rings (SSSR count). The summed E-state index contributed by atoms with van der Waals surface area (Å²) in [6.45, 7) is 2.98. The minimum Gasteiger partial charge on any atom is -0.496 e. The molecule has 152 valence electrons. The number of nitrogens with zero attached hydrogens (tertiary/aromatic N) is 1. The lowest BCUT2D eigenvalue weighted by molar-refractivity contribution is -0.143. The quantitative estimate of drug-likeness (QED) is 0.282. The van der Waals surface area contributed by atoms with Crippen LogP contribution in [0.4, 0.5) is 0 Å². The van der Waals surface area contributed by atoms with Crippen molar-refractivity contribution in [2.75, 3.05) is 13.7 Å². The molecule has 0 aliphatic carbocycles. The number of hydrogen-bond acceptors (Lipinski definition) is 4. The van der Waals surface area contributed by atoms with E-state index in [-0.39, 0.29) is 11.8 Å². The maximum Gasteiger partial charge on any atom is 0.305 e. The minimum atomic E-state index is -0.155. The number of aryl methyl sites for hydroxylation is 1. The molecule has 0 aliphatic heterocycles. The molecule has 0 saturated heterocycles. The highest BCUT2D eigenvalue weighted by Gasteiger charge is 2.17. The van der Waals surface area contributed by atoms with Gasteiger partial charge in [-0.15, -0.1) is 0 Å². The van der Waals surface area contributed by atoms with Crippen LogP contribution >= 0.6 is 0 Å². The molecule has 0 radical (unpaired) electrons. The van der Waals surface area contributed by atoms with Crippen LogP contribution in [-0.4, -0.2) is 30.0 Å². The first-order chi connectivity index (χ1) is 14.1. The predicted octanol–water partition coefficient (Wildman–Crippen LogP) is 4.81. The third-order valence-corrected chi connectivity index (χ3v) is 4.97. The molecule has 1 aromatic heterocycles. The predicted molar refractivity (Wildman–Crippen MR) is 113 cm³/mol. The molecular weight excluding hydrogens is 366 g/mol. The van der Waals surface area contributed by atoms with Gasteiger partial charge in [0.2, 0.25) is 0 Å². The Morgan fingerprint density at radius 2 is 1.76 bits per heavy atom. The average Bonchev–Trinajstić information content (AvgIpc) is 3.11. The Labute approximate surface area is 171 Å². The average molecular weight is 393 g/mol. The number of ether oxygens (including phenoxy) is 2. The highest BCUT2D eigenvalue weighted by Crippen LogP contribution is 2.25. The summed E-state index contributed by atoms with van der Waals surface area (Å²) < 4.78 is 12.5. The van der Waals surface area contributed by atoms with Crippen LogP contribution in [0, 0.1) is 0 Å². The summed E-state index contributed by atoms with van der Waals surface area (Å²) in [4.78, 5) is 24.6. The Hall–Kier alpha value is -3.08. The van der Waals surface area contributed by atoms with E-state index in [1.54, 1.807) is 7.11 Å². The Bertz CT molecular complexity index is 989. The van der Waals surface area contributed by atoms with E-state index in [2.05, 4.69) is 4.57 Å². The number of unbranched alkanes of at least 4 members (excludes halogenated alkanes) is 1. The first-order valence-corrected chi connectivity index (χ1v) is 10.0. The maximum atomic E-state index is 13.1. The van der Waals surface area contributed by atoms with Crippen molar-refractivity contribution in [3.05, 3.63) is 65.9 Å². The zero-order valence-corrected chi connectivity index (χ0v) is 17.0. The SMILES string of the molecule is CCOC(=O)CCCCn1cc(C(=O)Cc2ccccc2OC)c2ccccc21. The molecule has 0 saturated carbocycles. The van der Waals surface area contributed by atoms with E-state index < -0.39 is 0 Å². The molecule has 0 fully saturated rings. The zero-order valence-electron chi connectivity index (χ0n) is 17.0. The fourth-order valence-corrected chi connectivity index (χ4v) is 3.56. The largest absolute Gasteiger partial charge is 0.496 e. The third-order valence-electron chi connectivity index (χ3n) is 4.97. The fraction of sp³-hybridized carbons (Fsp3) is 0.333. The van der Waals surface area contributed by atoms with Crippen molar-refractivity contribution in [2.24, 2.45) is 0 Å². The van der Waals surface area contributed by atoms with Gasteiger partial charge in [-0.2, -0.15) is 0 Å². The number of carbonyl (C=O) groups is 2. The number of aromatic nitrogens is 1. The second-order valence-electron chi connectivity index (χ2n) is 6.93. The van der Waals surface area contributed by atoms with Gasteiger partial charge >= 0.3 is 5.97 Å². The third kappa shape index (κ3) is 5.05. The molecule has 3 aromatic rings. The van der Waals surface area contributed by atoms with Crippen LogP contribution in [0.5, 0.6) is 5.75 Å². The van der Waals surface area contributed by atoms with Crippen molar-refractivity contribution >= 4 is 22.7 Å². The summed E-state index contributed by atoms with van der Waals surface area (Å²) in [6.07, 6.45) is 4.26. The minimum absolute atomic E-state index is 0.0657. The second kappa shape index (κ2) is 9.92. The number of hydrogen-bond donors (Lipinski definition) is 0. The summed E-state index contributed by atoms with van der Waals surface area (Å²) in [7, 11) is 1.62. The molecule has 0 N–H and O–H groups in total. The molecule has 0 amide bonds. The van der Waals surface area contributed by atoms with E-state index in [0.29, 0.717) is 19.4 Å². The van der Waals surface area contributed by atoms with Crippen LogP contribution in [0.15, 0.2) is 54.7 Å². The molecular formula is C24H27NO4. The molecule has 5 heteroatoms. The molecule has 0 bridgehead atoms. The number of benzene rings is 2. The van der Waals surface area contributed by atoms with Gasteiger partial charge in [0.1, 0.15) is 5.75 Å². The monoisotopic (exact) mass is 393 g/mol. The van der Waals surface area contributed by atoms with Crippen LogP contribution in [0.3, 0.4) is 0 Å². The molecule has 0 aliphatic rings. The van der Waals surface area contributed by atoms with Crippen molar-refractivity contribution in [1.29, 1.82) is 0 Å². The number of Topliss-reactive ketones (excluding diaryl/α,β-unsaturated/α-hetero) is 1. The number of esters is 1. The van der Waals surface area contributed by atoms with E-state index in [1.165, 1.54) is 0 Å². The lowest BCUT2D eigenvalue weighted by Gasteiger charge is -2.07. The lowest BCUT2D eigenvalue weighted by Crippen LogP contribution is -2.05. The maximum absolute atomic E-state index is 13.1. The molecule has 0 spiro atoms. The Balaban J connectivity index is 1.75. The molecule has 5 nitrogen and oxygen atoms in total. The lowest BCUT2D eigenvalue weighted by atomic mass is 10.0. The van der Waals surface area contributed by atoms with Gasteiger partial charge in [0.25, 0.3) is 0 Å². The number of ketones is 1. The van der Waals surface area contributed by atoms with Crippen LogP contribution in [0.1, 0.15) is 42.1 Å². The highest BCUT2D eigenvalue weighted by molar-refractivity contribution is 6.09. The van der Waals surface area contributed by atoms with Gasteiger partial charge in [-0.25, -0.2) is 0 Å². The number of fused-ring (bicyclic) bond motifs is 1. The molecule has 0 unspecified atom stereocenters. The standard InChI is InChI=1S/C24H27NO4/c1-3-29-24(27)14-8-9-15-25-17-20(19-11-5-6-12-21(19)25)22(26)16-18-10-4-7-13-23(18)28-2/h4-7,10-13,17H,3,8-9,14-16H2,1-2H3. The Morgan fingerprint density at radius 1 is 1.00 bits per heavy atom. The van der Waals surface area contributed by atoms with Crippen LogP contribution in [0.2, 0.25) is 0 Å². The number of methoxy groups -OCH3 is 1. The van der Waals surface area contributed by atoms with Crippen molar-refractivity contribution < 1.29 is 19.1 Å². The normalized spacial score (nSPS) is 10.8. The summed E-state index contributed by atoms with van der Waals surface area (Å²) in [5.74, 6) is 0.636. The number of carbonyl (C=O) groups excluding carboxylic acids is 2. The van der Waals surface area contributed by atoms with Crippen LogP contribution in [-0.2, 0) is 22.5 Å². The van der Waals surface area contributed by atoms with Crippen molar-refractivity contribution in [1.82, 2.24) is 4.57 Å². The van der Waals surface area contributed by atoms with Gasteiger partial charge in [-0.05, 0) is 31.9 Å². The summed E-state index contributed by atoms with van der Waals surface area (Å²) in [6, 6.07) is 15.5. The van der Waals surface area contributed by atoms with Crippen molar-refractivity contribution in [3.63, 3.8) is 0 Å². The van der Waals surface area contributed by atoms with Gasteiger partial charge in [0.05, 0.1) is 13.7 Å². The van der Waals surface area contributed by atoms with E-state index in [0.717, 1.165) is 47.2 Å². The molecule has 1 heterocycles. The molecule has 2 aromatic carbocycles. The molecule has 29 heavy (non-hydrogen) atoms. The smallest absolute Gasteiger partial charge is 0.305 e. The summed E-state index contributed by atoms with van der Waals surface area (Å²) in [5.41, 5.74) is 2.63. The first kappa shape index (κ1) is 20.6. The Kier molecular flexibility index (Phi) is 7.06. The van der Waals surface area contributed by atoms with Crippen molar-refractivity contribution in [3.8, 4) is 5.75 Å².